The molecular weight excluding hydrogens is 264 g/mol. The Morgan fingerprint density at radius 1 is 1.24 bits per heavy atom. The summed E-state index contributed by atoms with van der Waals surface area (Å²) in [6, 6.07) is 5.81. The molecule has 2 heterocycles. The molecule has 0 aliphatic heterocycles. The second-order valence-corrected chi connectivity index (χ2v) is 5.46. The maximum Gasteiger partial charge on any atom is 0.257 e. The fraction of sp³-hybridized carbons (Fsp3) is 0.562. The number of fused-ring (bicyclic) bond motifs is 1. The minimum atomic E-state index is 0.528. The van der Waals surface area contributed by atoms with E-state index in [1.165, 1.54) is 25.7 Å². The van der Waals surface area contributed by atoms with Crippen molar-refractivity contribution >= 4 is 11.2 Å². The average molecular weight is 290 g/mol. The van der Waals surface area contributed by atoms with E-state index in [0.717, 1.165) is 18.6 Å². The zero-order valence-corrected chi connectivity index (χ0v) is 13.1. The summed E-state index contributed by atoms with van der Waals surface area (Å²) < 4.78 is 7.47. The third kappa shape index (κ3) is 4.36. The van der Waals surface area contributed by atoms with Gasteiger partial charge in [-0.05, 0) is 32.1 Å². The van der Waals surface area contributed by atoms with Crippen LogP contribution in [0.5, 0.6) is 5.88 Å². The van der Waals surface area contributed by atoms with Crippen LogP contribution in [0.1, 0.15) is 32.6 Å². The number of ether oxygens (including phenoxy) is 1. The molecule has 0 aliphatic rings. The highest BCUT2D eigenvalue weighted by atomic mass is 16.5. The Morgan fingerprint density at radius 2 is 2.10 bits per heavy atom. The Hall–Kier alpha value is -1.75. The third-order valence-electron chi connectivity index (χ3n) is 3.65. The topological polar surface area (TPSA) is 55.8 Å². The van der Waals surface area contributed by atoms with Gasteiger partial charge >= 0.3 is 0 Å². The van der Waals surface area contributed by atoms with Crippen molar-refractivity contribution < 1.29 is 4.74 Å². The zero-order chi connectivity index (χ0) is 15.1. The maximum absolute atomic E-state index is 6.05. The molecule has 0 bridgehead atoms. The van der Waals surface area contributed by atoms with E-state index in [9.17, 15) is 0 Å². The Kier molecular flexibility index (Phi) is 5.87. The highest BCUT2D eigenvalue weighted by Gasteiger charge is 2.10. The molecule has 5 nitrogen and oxygen atoms in total. The Morgan fingerprint density at radius 3 is 2.86 bits per heavy atom. The summed E-state index contributed by atoms with van der Waals surface area (Å²) in [5.74, 6) is 0.528. The van der Waals surface area contributed by atoms with E-state index >= 15 is 0 Å². The van der Waals surface area contributed by atoms with Crippen LogP contribution in [0.25, 0.3) is 5.52 Å². The molecule has 2 rings (SSSR count). The molecule has 0 saturated heterocycles. The number of hydrogen-bond donors (Lipinski definition) is 1. The molecule has 0 aliphatic carbocycles. The highest BCUT2D eigenvalue weighted by molar-refractivity contribution is 5.74. The molecule has 0 unspecified atom stereocenters. The lowest BCUT2D eigenvalue weighted by Crippen LogP contribution is -2.25. The molecule has 2 aromatic rings. The predicted octanol–water partition coefficient (Wildman–Crippen LogP) is 2.81. The normalized spacial score (nSPS) is 11.4. The molecule has 0 atom stereocenters. The molecule has 116 valence electrons. The van der Waals surface area contributed by atoms with E-state index < -0.39 is 0 Å². The second-order valence-electron chi connectivity index (χ2n) is 5.46. The van der Waals surface area contributed by atoms with Gasteiger partial charge in [0.15, 0.2) is 0 Å². The van der Waals surface area contributed by atoms with Crippen LogP contribution in [0.15, 0.2) is 24.4 Å². The van der Waals surface area contributed by atoms with Gasteiger partial charge in [0, 0.05) is 12.7 Å². The lowest BCUT2D eigenvalue weighted by atomic mass is 10.2. The number of hydrogen-bond acceptors (Lipinski definition) is 4. The fourth-order valence-electron chi connectivity index (χ4n) is 2.32. The molecule has 0 aromatic carbocycles. The third-order valence-corrected chi connectivity index (χ3v) is 3.65. The Balaban J connectivity index is 1.76. The summed E-state index contributed by atoms with van der Waals surface area (Å²) in [7, 11) is 2.13. The monoisotopic (exact) mass is 290 g/mol. The summed E-state index contributed by atoms with van der Waals surface area (Å²) in [5.41, 5.74) is 7.55. The van der Waals surface area contributed by atoms with Crippen LogP contribution < -0.4 is 10.5 Å². The number of nitrogen functional groups attached to an aromatic ring is 1. The molecule has 2 aromatic heterocycles. The summed E-state index contributed by atoms with van der Waals surface area (Å²) in [4.78, 5) is 2.29. The van der Waals surface area contributed by atoms with E-state index in [1.54, 1.807) is 4.52 Å². The van der Waals surface area contributed by atoms with Gasteiger partial charge in [-0.15, -0.1) is 5.10 Å². The average Bonchev–Trinajstić information content (AvgIpc) is 2.81. The van der Waals surface area contributed by atoms with Crippen molar-refractivity contribution in [2.75, 3.05) is 32.5 Å². The molecule has 0 radical (unpaired) electrons. The molecule has 0 fully saturated rings. The van der Waals surface area contributed by atoms with Gasteiger partial charge < -0.3 is 15.4 Å². The lowest BCUT2D eigenvalue weighted by molar-refractivity contribution is 0.229. The molecule has 2 N–H and O–H groups in total. The van der Waals surface area contributed by atoms with Gasteiger partial charge in [0.1, 0.15) is 12.3 Å². The number of rotatable bonds is 9. The predicted molar refractivity (Wildman–Crippen MR) is 86.7 cm³/mol. The van der Waals surface area contributed by atoms with E-state index in [2.05, 4.69) is 24.0 Å². The quantitative estimate of drug-likeness (QED) is 0.722. The van der Waals surface area contributed by atoms with E-state index in [1.807, 2.05) is 24.4 Å². The number of unbranched alkanes of at least 4 members (excludes halogenated alkanes) is 3. The van der Waals surface area contributed by atoms with Crippen LogP contribution in [-0.4, -0.2) is 41.3 Å². The first-order valence-electron chi connectivity index (χ1n) is 7.76. The van der Waals surface area contributed by atoms with Crippen molar-refractivity contribution in [3.8, 4) is 5.88 Å². The van der Waals surface area contributed by atoms with Gasteiger partial charge in [0.05, 0.1) is 5.52 Å². The molecule has 21 heavy (non-hydrogen) atoms. The first kappa shape index (κ1) is 15.6. The largest absolute Gasteiger partial charge is 0.474 e. The van der Waals surface area contributed by atoms with Crippen molar-refractivity contribution in [3.05, 3.63) is 24.4 Å². The van der Waals surface area contributed by atoms with Gasteiger partial charge in [-0.3, -0.25) is 0 Å². The van der Waals surface area contributed by atoms with Crippen LogP contribution in [0.2, 0.25) is 0 Å². The van der Waals surface area contributed by atoms with Crippen LogP contribution in [0.3, 0.4) is 0 Å². The van der Waals surface area contributed by atoms with Gasteiger partial charge in [0.2, 0.25) is 0 Å². The van der Waals surface area contributed by atoms with Crippen LogP contribution in [0, 0.1) is 0 Å². The van der Waals surface area contributed by atoms with Crippen LogP contribution in [0.4, 0.5) is 5.69 Å². The first-order valence-corrected chi connectivity index (χ1v) is 7.76. The van der Waals surface area contributed by atoms with Gasteiger partial charge in [-0.25, -0.2) is 4.52 Å². The number of anilines is 1. The summed E-state index contributed by atoms with van der Waals surface area (Å²) in [5, 5.41) is 4.35. The molecule has 0 spiro atoms. The molecular formula is C16H26N4O. The number of aromatic nitrogens is 2. The van der Waals surface area contributed by atoms with E-state index in [0.29, 0.717) is 18.2 Å². The minimum absolute atomic E-state index is 0.528. The summed E-state index contributed by atoms with van der Waals surface area (Å²) in [6.07, 6.45) is 7.03. The standard InChI is InChI=1S/C16H26N4O/c1-3-4-5-7-10-19(2)12-13-21-16-15(17)14-9-6-8-11-20(14)18-16/h6,8-9,11H,3-5,7,10,12-13,17H2,1-2H3. The van der Waals surface area contributed by atoms with Crippen molar-refractivity contribution in [2.24, 2.45) is 0 Å². The van der Waals surface area contributed by atoms with Crippen LogP contribution in [-0.2, 0) is 0 Å². The van der Waals surface area contributed by atoms with E-state index in [-0.39, 0.29) is 0 Å². The van der Waals surface area contributed by atoms with E-state index in [4.69, 9.17) is 10.5 Å². The van der Waals surface area contributed by atoms with Crippen LogP contribution >= 0.6 is 0 Å². The maximum atomic E-state index is 6.05. The minimum Gasteiger partial charge on any atom is -0.474 e. The number of nitrogens with two attached hydrogens (primary N) is 1. The SMILES string of the molecule is CCCCCCN(C)CCOc1nn2ccccc2c1N. The Bertz CT molecular complexity index is 552. The fourth-order valence-corrected chi connectivity index (χ4v) is 2.32. The molecule has 0 saturated carbocycles. The van der Waals surface area contributed by atoms with Gasteiger partial charge in [-0.1, -0.05) is 32.3 Å². The second kappa shape index (κ2) is 7.88. The highest BCUT2D eigenvalue weighted by Crippen LogP contribution is 2.24. The number of pyridine rings is 1. The van der Waals surface area contributed by atoms with Crippen molar-refractivity contribution in [3.63, 3.8) is 0 Å². The molecule has 0 amide bonds. The number of nitrogens with zero attached hydrogens (tertiary/aromatic N) is 3. The number of likely N-dealkylation sites (N-methyl/N-ethyl adjacent to an activating group) is 1. The van der Waals surface area contributed by atoms with Gasteiger partial charge in [0.25, 0.3) is 5.88 Å². The van der Waals surface area contributed by atoms with Crippen molar-refractivity contribution in [1.29, 1.82) is 0 Å². The molecule has 5 heteroatoms. The zero-order valence-electron chi connectivity index (χ0n) is 13.1. The summed E-state index contributed by atoms with van der Waals surface area (Å²) in [6.45, 7) is 4.85. The van der Waals surface area contributed by atoms with Crippen molar-refractivity contribution in [1.82, 2.24) is 14.5 Å². The van der Waals surface area contributed by atoms with Crippen molar-refractivity contribution in [2.45, 2.75) is 32.6 Å². The lowest BCUT2D eigenvalue weighted by Gasteiger charge is -2.16. The first-order chi connectivity index (χ1) is 10.2. The van der Waals surface area contributed by atoms with Gasteiger partial charge in [-0.2, -0.15) is 0 Å². The summed E-state index contributed by atoms with van der Waals surface area (Å²) >= 11 is 0. The smallest absolute Gasteiger partial charge is 0.257 e. The Labute approximate surface area is 126 Å².